The molecular weight excluding hydrogens is 294 g/mol. The lowest BCUT2D eigenvalue weighted by atomic mass is 10.0. The molecule has 0 N–H and O–H groups in total. The fourth-order valence-electron chi connectivity index (χ4n) is 2.93. The molecule has 1 saturated carbocycles. The van der Waals surface area contributed by atoms with E-state index in [1.54, 1.807) is 0 Å². The molecule has 0 bridgehead atoms. The molecule has 1 saturated heterocycles. The Morgan fingerprint density at radius 1 is 1.27 bits per heavy atom. The van der Waals surface area contributed by atoms with Crippen LogP contribution < -0.4 is 0 Å². The summed E-state index contributed by atoms with van der Waals surface area (Å²) >= 11 is 2.03. The first-order valence-electron chi connectivity index (χ1n) is 8.00. The lowest BCUT2D eigenvalue weighted by molar-refractivity contribution is 0.204. The molecule has 0 unspecified atom stereocenters. The summed E-state index contributed by atoms with van der Waals surface area (Å²) in [5.74, 6) is 4.52. The Morgan fingerprint density at radius 2 is 2.09 bits per heavy atom. The molecule has 0 amide bonds. The van der Waals surface area contributed by atoms with Crippen molar-refractivity contribution < 1.29 is 4.52 Å². The van der Waals surface area contributed by atoms with Crippen LogP contribution in [0.25, 0.3) is 0 Å². The van der Waals surface area contributed by atoms with Crippen molar-refractivity contribution in [1.29, 1.82) is 0 Å². The molecule has 4 rings (SSSR count). The number of rotatable bonds is 4. The second-order valence-corrected chi connectivity index (χ2v) is 7.44. The molecule has 1 atom stereocenters. The molecule has 116 valence electrons. The van der Waals surface area contributed by atoms with E-state index in [1.807, 2.05) is 11.8 Å². The van der Waals surface area contributed by atoms with E-state index in [0.717, 1.165) is 30.6 Å². The molecule has 2 heterocycles. The number of nitrogens with zero attached hydrogens (tertiary/aromatic N) is 3. The van der Waals surface area contributed by atoms with E-state index < -0.39 is 0 Å². The van der Waals surface area contributed by atoms with Crippen LogP contribution in [0.1, 0.15) is 47.6 Å². The molecule has 22 heavy (non-hydrogen) atoms. The van der Waals surface area contributed by atoms with Crippen molar-refractivity contribution >= 4 is 11.8 Å². The largest absolute Gasteiger partial charge is 0.339 e. The van der Waals surface area contributed by atoms with Crippen molar-refractivity contribution in [2.24, 2.45) is 0 Å². The molecule has 1 aliphatic heterocycles. The zero-order valence-corrected chi connectivity index (χ0v) is 13.7. The average molecular weight is 315 g/mol. The zero-order valence-electron chi connectivity index (χ0n) is 12.9. The minimum absolute atomic E-state index is 0.447. The van der Waals surface area contributed by atoms with Gasteiger partial charge >= 0.3 is 0 Å². The van der Waals surface area contributed by atoms with Crippen LogP contribution in [0.4, 0.5) is 0 Å². The molecule has 1 aliphatic carbocycles. The van der Waals surface area contributed by atoms with Crippen molar-refractivity contribution in [2.75, 3.05) is 18.1 Å². The summed E-state index contributed by atoms with van der Waals surface area (Å²) < 4.78 is 5.39. The number of aromatic nitrogens is 2. The fourth-order valence-corrected chi connectivity index (χ4v) is 4.09. The number of hydrogen-bond donors (Lipinski definition) is 0. The third kappa shape index (κ3) is 3.06. The Kier molecular flexibility index (Phi) is 3.92. The molecule has 4 nitrogen and oxygen atoms in total. The SMILES string of the molecule is Cc1ccc([C@@H]2CSCCN2Cc2noc(C3CC3)n2)cc1. The molecule has 2 aliphatic rings. The van der Waals surface area contributed by atoms with Crippen LogP contribution in [0, 0.1) is 6.92 Å². The molecule has 1 aromatic heterocycles. The van der Waals surface area contributed by atoms with Crippen LogP contribution in [0.3, 0.4) is 0 Å². The van der Waals surface area contributed by atoms with Gasteiger partial charge in [0, 0.05) is 30.0 Å². The maximum absolute atomic E-state index is 5.39. The van der Waals surface area contributed by atoms with Gasteiger partial charge in [0.2, 0.25) is 5.89 Å². The van der Waals surface area contributed by atoms with Crippen molar-refractivity contribution in [1.82, 2.24) is 15.0 Å². The minimum atomic E-state index is 0.447. The predicted octanol–water partition coefficient (Wildman–Crippen LogP) is 3.55. The molecule has 2 aromatic rings. The highest BCUT2D eigenvalue weighted by atomic mass is 32.2. The van der Waals surface area contributed by atoms with Gasteiger partial charge < -0.3 is 4.52 Å². The van der Waals surface area contributed by atoms with Gasteiger partial charge in [-0.15, -0.1) is 0 Å². The van der Waals surface area contributed by atoms with Gasteiger partial charge in [0.1, 0.15) is 0 Å². The molecule has 0 spiro atoms. The van der Waals surface area contributed by atoms with E-state index in [-0.39, 0.29) is 0 Å². The lowest BCUT2D eigenvalue weighted by Gasteiger charge is -2.34. The predicted molar refractivity (Wildman–Crippen MR) is 87.9 cm³/mol. The first-order valence-corrected chi connectivity index (χ1v) is 9.16. The molecule has 1 aromatic carbocycles. The minimum Gasteiger partial charge on any atom is -0.339 e. The smallest absolute Gasteiger partial charge is 0.229 e. The molecule has 2 fully saturated rings. The van der Waals surface area contributed by atoms with Crippen LogP contribution in [0.15, 0.2) is 28.8 Å². The van der Waals surface area contributed by atoms with Gasteiger partial charge in [-0.25, -0.2) is 0 Å². The highest BCUT2D eigenvalue weighted by Gasteiger charge is 2.31. The number of thioether (sulfide) groups is 1. The summed E-state index contributed by atoms with van der Waals surface area (Å²) in [5, 5.41) is 4.18. The van der Waals surface area contributed by atoms with Crippen LogP contribution in [-0.2, 0) is 6.54 Å². The van der Waals surface area contributed by atoms with Crippen molar-refractivity contribution in [2.45, 2.75) is 38.3 Å². The first kappa shape index (κ1) is 14.3. The van der Waals surface area contributed by atoms with Gasteiger partial charge in [0.15, 0.2) is 5.82 Å². The normalized spacial score (nSPS) is 22.9. The van der Waals surface area contributed by atoms with E-state index in [9.17, 15) is 0 Å². The maximum Gasteiger partial charge on any atom is 0.229 e. The lowest BCUT2D eigenvalue weighted by Crippen LogP contribution is -2.36. The van der Waals surface area contributed by atoms with Gasteiger partial charge in [0.25, 0.3) is 0 Å². The van der Waals surface area contributed by atoms with E-state index >= 15 is 0 Å². The van der Waals surface area contributed by atoms with Crippen molar-refractivity contribution in [3.8, 4) is 0 Å². The highest BCUT2D eigenvalue weighted by Crippen LogP contribution is 2.39. The Labute approximate surface area is 135 Å². The summed E-state index contributed by atoms with van der Waals surface area (Å²) in [6, 6.07) is 9.36. The maximum atomic E-state index is 5.39. The summed E-state index contributed by atoms with van der Waals surface area (Å²) in [6.45, 7) is 4.00. The molecule has 0 radical (unpaired) electrons. The topological polar surface area (TPSA) is 42.2 Å². The van der Waals surface area contributed by atoms with Gasteiger partial charge in [-0.1, -0.05) is 35.0 Å². The van der Waals surface area contributed by atoms with E-state index in [1.165, 1.54) is 29.7 Å². The number of hydrogen-bond acceptors (Lipinski definition) is 5. The van der Waals surface area contributed by atoms with Gasteiger partial charge in [-0.05, 0) is 25.3 Å². The van der Waals surface area contributed by atoms with Crippen molar-refractivity contribution in [3.63, 3.8) is 0 Å². The van der Waals surface area contributed by atoms with Crippen molar-refractivity contribution in [3.05, 3.63) is 47.1 Å². The monoisotopic (exact) mass is 315 g/mol. The van der Waals surface area contributed by atoms with Crippen LogP contribution in [0.2, 0.25) is 0 Å². The van der Waals surface area contributed by atoms with Crippen LogP contribution in [0.5, 0.6) is 0 Å². The second kappa shape index (κ2) is 6.05. The summed E-state index contributed by atoms with van der Waals surface area (Å²) in [5.41, 5.74) is 2.70. The average Bonchev–Trinajstić information content (AvgIpc) is 3.29. The van der Waals surface area contributed by atoms with E-state index in [4.69, 9.17) is 4.52 Å². The quantitative estimate of drug-likeness (QED) is 0.863. The molecular formula is C17H21N3OS. The Bertz CT molecular complexity index is 636. The van der Waals surface area contributed by atoms with Gasteiger partial charge in [-0.2, -0.15) is 16.7 Å². The molecule has 5 heteroatoms. The Hall–Kier alpha value is -1.33. The Morgan fingerprint density at radius 3 is 2.86 bits per heavy atom. The van der Waals surface area contributed by atoms with Gasteiger partial charge in [0.05, 0.1) is 6.54 Å². The summed E-state index contributed by atoms with van der Waals surface area (Å²) in [4.78, 5) is 7.07. The third-order valence-electron chi connectivity index (χ3n) is 4.46. The number of benzene rings is 1. The zero-order chi connectivity index (χ0) is 14.9. The highest BCUT2D eigenvalue weighted by molar-refractivity contribution is 7.99. The van der Waals surface area contributed by atoms with Crippen LogP contribution >= 0.6 is 11.8 Å². The summed E-state index contributed by atoms with van der Waals surface area (Å²) in [6.07, 6.45) is 2.40. The fraction of sp³-hybridized carbons (Fsp3) is 0.529. The van der Waals surface area contributed by atoms with E-state index in [0.29, 0.717) is 12.0 Å². The second-order valence-electron chi connectivity index (χ2n) is 6.29. The Balaban J connectivity index is 1.50. The van der Waals surface area contributed by atoms with Gasteiger partial charge in [-0.3, -0.25) is 4.90 Å². The summed E-state index contributed by atoms with van der Waals surface area (Å²) in [7, 11) is 0. The first-order chi connectivity index (χ1) is 10.8. The third-order valence-corrected chi connectivity index (χ3v) is 5.48. The van der Waals surface area contributed by atoms with Crippen LogP contribution in [-0.4, -0.2) is 33.1 Å². The van der Waals surface area contributed by atoms with E-state index in [2.05, 4.69) is 46.2 Å². The number of aryl methyl sites for hydroxylation is 1. The standard InChI is InChI=1S/C17H21N3OS/c1-12-2-4-13(5-3-12)15-11-22-9-8-20(15)10-16-18-17(21-19-16)14-6-7-14/h2-5,14-15H,6-11H2,1H3/t15-/m0/s1.